The van der Waals surface area contributed by atoms with E-state index in [1.54, 1.807) is 38.1 Å². The molecule has 9 heteroatoms. The Bertz CT molecular complexity index is 730. The first-order valence-corrected chi connectivity index (χ1v) is 10.5. The number of nitrogens with two attached hydrogens (primary N) is 1. The van der Waals surface area contributed by atoms with E-state index in [2.05, 4.69) is 15.4 Å². The molecule has 1 aromatic rings. The van der Waals surface area contributed by atoms with Gasteiger partial charge in [-0.1, -0.05) is 38.1 Å². The fourth-order valence-electron chi connectivity index (χ4n) is 2.22. The van der Waals surface area contributed by atoms with Crippen LogP contribution in [0.1, 0.15) is 38.8 Å². The Morgan fingerprint density at radius 3 is 2.07 bits per heavy atom. The molecule has 0 radical (unpaired) electrons. The molecule has 8 nitrogen and oxygen atoms in total. The minimum absolute atomic E-state index is 0.00821. The summed E-state index contributed by atoms with van der Waals surface area (Å²) in [5.41, 5.74) is 7.19. The molecule has 0 aliphatic rings. The lowest BCUT2D eigenvalue weighted by Gasteiger charge is -2.15. The first kappa shape index (κ1) is 23.1. The zero-order valence-electron chi connectivity index (χ0n) is 16.3. The summed E-state index contributed by atoms with van der Waals surface area (Å²) in [7, 11) is -3.37. The third-order valence-corrected chi connectivity index (χ3v) is 5.27. The molecule has 0 heterocycles. The van der Waals surface area contributed by atoms with Gasteiger partial charge in [0.25, 0.3) is 0 Å². The largest absolute Gasteiger partial charge is 0.350 e. The number of amides is 2. The molecule has 1 rings (SSSR count). The minimum Gasteiger partial charge on any atom is -0.350 e. The normalized spacial score (nSPS) is 12.9. The lowest BCUT2D eigenvalue weighted by Crippen LogP contribution is -2.47. The second-order valence-electron chi connectivity index (χ2n) is 7.11. The Morgan fingerprint density at radius 2 is 1.56 bits per heavy atom. The molecule has 0 unspecified atom stereocenters. The van der Waals surface area contributed by atoms with Crippen molar-refractivity contribution in [1.82, 2.24) is 15.4 Å². The van der Waals surface area contributed by atoms with E-state index in [1.165, 1.54) is 0 Å². The molecule has 0 saturated heterocycles. The highest BCUT2D eigenvalue weighted by Gasteiger charge is 2.17. The second-order valence-corrected chi connectivity index (χ2v) is 8.87. The predicted molar refractivity (Wildman–Crippen MR) is 105 cm³/mol. The van der Waals surface area contributed by atoms with E-state index >= 15 is 0 Å². The molecule has 0 aromatic heterocycles. The van der Waals surface area contributed by atoms with Gasteiger partial charge in [-0.05, 0) is 30.9 Å². The summed E-state index contributed by atoms with van der Waals surface area (Å²) in [4.78, 5) is 23.5. The van der Waals surface area contributed by atoms with E-state index in [0.717, 1.165) is 5.56 Å². The predicted octanol–water partition coefficient (Wildman–Crippen LogP) is 0.230. The van der Waals surface area contributed by atoms with E-state index in [-0.39, 0.29) is 42.6 Å². The molecule has 0 aliphatic heterocycles. The van der Waals surface area contributed by atoms with Crippen LogP contribution >= 0.6 is 0 Å². The molecule has 0 spiro atoms. The van der Waals surface area contributed by atoms with Crippen LogP contribution in [0.15, 0.2) is 24.3 Å². The lowest BCUT2D eigenvalue weighted by molar-refractivity contribution is -0.127. The average Bonchev–Trinajstić information content (AvgIpc) is 2.56. The zero-order valence-corrected chi connectivity index (χ0v) is 17.1. The van der Waals surface area contributed by atoms with E-state index in [9.17, 15) is 18.0 Å². The van der Waals surface area contributed by atoms with Crippen molar-refractivity contribution in [2.24, 2.45) is 11.7 Å². The van der Waals surface area contributed by atoms with Crippen LogP contribution in [0.25, 0.3) is 0 Å². The number of hydrogen-bond acceptors (Lipinski definition) is 5. The lowest BCUT2D eigenvalue weighted by atomic mass is 10.1. The molecule has 1 aromatic carbocycles. The number of carbonyl (C=O) groups excluding carboxylic acids is 2. The van der Waals surface area contributed by atoms with Gasteiger partial charge in [0.1, 0.15) is 0 Å². The highest BCUT2D eigenvalue weighted by atomic mass is 32.2. The quantitative estimate of drug-likeness (QED) is 0.448. The average molecular weight is 399 g/mol. The Labute approximate surface area is 161 Å². The molecule has 0 aliphatic carbocycles. The van der Waals surface area contributed by atoms with Crippen molar-refractivity contribution in [3.63, 3.8) is 0 Å². The maximum Gasteiger partial charge on any atom is 0.239 e. The smallest absolute Gasteiger partial charge is 0.239 e. The molecule has 152 valence electrons. The number of benzene rings is 1. The molecule has 1 atom stereocenters. The van der Waals surface area contributed by atoms with Gasteiger partial charge in [0.05, 0.1) is 18.3 Å². The molecule has 5 N–H and O–H groups in total. The van der Waals surface area contributed by atoms with Gasteiger partial charge in [-0.25, -0.2) is 13.1 Å². The van der Waals surface area contributed by atoms with Crippen molar-refractivity contribution >= 4 is 21.8 Å². The van der Waals surface area contributed by atoms with Crippen molar-refractivity contribution in [1.29, 1.82) is 0 Å². The number of carbonyl (C=O) groups is 2. The number of nitrogens with one attached hydrogen (secondary N) is 3. The van der Waals surface area contributed by atoms with Crippen LogP contribution in [-0.4, -0.2) is 38.9 Å². The van der Waals surface area contributed by atoms with Crippen LogP contribution in [0.3, 0.4) is 0 Å². The Morgan fingerprint density at radius 1 is 1.00 bits per heavy atom. The summed E-state index contributed by atoms with van der Waals surface area (Å²) in [6.45, 7) is 7.33. The summed E-state index contributed by atoms with van der Waals surface area (Å²) < 4.78 is 26.4. The van der Waals surface area contributed by atoms with Crippen LogP contribution in [0, 0.1) is 5.92 Å². The summed E-state index contributed by atoms with van der Waals surface area (Å²) in [6, 6.07) is 6.14. The van der Waals surface area contributed by atoms with Gasteiger partial charge in [-0.3, -0.25) is 9.59 Å². The summed E-state index contributed by atoms with van der Waals surface area (Å²) in [5.74, 6) is -0.793. The zero-order chi connectivity index (χ0) is 20.6. The Hall–Kier alpha value is -1.97. The van der Waals surface area contributed by atoms with Crippen molar-refractivity contribution in [2.75, 3.05) is 6.54 Å². The van der Waals surface area contributed by atoms with E-state index in [4.69, 9.17) is 5.73 Å². The first-order valence-electron chi connectivity index (χ1n) is 8.88. The van der Waals surface area contributed by atoms with Gasteiger partial charge in [-0.2, -0.15) is 0 Å². The van der Waals surface area contributed by atoms with Crippen LogP contribution in [0.2, 0.25) is 0 Å². The number of rotatable bonds is 10. The molecular formula is C18H30N4O4S. The maximum atomic E-state index is 11.9. The van der Waals surface area contributed by atoms with Gasteiger partial charge in [0.2, 0.25) is 21.8 Å². The summed E-state index contributed by atoms with van der Waals surface area (Å²) in [6.07, 6.45) is 0. The van der Waals surface area contributed by atoms with Crippen LogP contribution in [0.5, 0.6) is 0 Å². The molecule has 0 saturated carbocycles. The Balaban J connectivity index is 2.45. The van der Waals surface area contributed by atoms with Crippen LogP contribution in [0.4, 0.5) is 0 Å². The van der Waals surface area contributed by atoms with E-state index < -0.39 is 16.1 Å². The van der Waals surface area contributed by atoms with Gasteiger partial charge < -0.3 is 16.4 Å². The molecule has 0 bridgehead atoms. The van der Waals surface area contributed by atoms with Gasteiger partial charge in [0.15, 0.2) is 0 Å². The number of hydrogen-bond donors (Lipinski definition) is 4. The summed E-state index contributed by atoms with van der Waals surface area (Å²) >= 11 is 0. The molecule has 2 amide bonds. The third-order valence-electron chi connectivity index (χ3n) is 3.73. The van der Waals surface area contributed by atoms with Crippen molar-refractivity contribution in [3.8, 4) is 0 Å². The SMILES string of the molecule is CC(C)NS(=O)(=O)Cc1ccc(CNC(=O)CNC(=O)[C@@H](N)C(C)C)cc1. The second kappa shape index (κ2) is 10.4. The van der Waals surface area contributed by atoms with Crippen molar-refractivity contribution in [2.45, 2.75) is 52.1 Å². The van der Waals surface area contributed by atoms with Crippen LogP contribution in [-0.2, 0) is 31.9 Å². The topological polar surface area (TPSA) is 130 Å². The van der Waals surface area contributed by atoms with Gasteiger partial charge in [-0.15, -0.1) is 0 Å². The van der Waals surface area contributed by atoms with Crippen molar-refractivity contribution in [3.05, 3.63) is 35.4 Å². The highest BCUT2D eigenvalue weighted by molar-refractivity contribution is 7.88. The standard InChI is InChI=1S/C18H30N4O4S/c1-12(2)17(19)18(24)21-10-16(23)20-9-14-5-7-15(8-6-14)11-27(25,26)22-13(3)4/h5-8,12-13,17,22H,9-11,19H2,1-4H3,(H,20,23)(H,21,24)/t17-/m0/s1. The third kappa shape index (κ3) is 8.98. The molecular weight excluding hydrogens is 368 g/mol. The van der Waals surface area contributed by atoms with Gasteiger partial charge in [0, 0.05) is 12.6 Å². The fourth-order valence-corrected chi connectivity index (χ4v) is 3.66. The summed E-state index contributed by atoms with van der Waals surface area (Å²) in [5, 5.41) is 5.19. The first-order chi connectivity index (χ1) is 12.5. The number of sulfonamides is 1. The van der Waals surface area contributed by atoms with E-state index in [1.807, 2.05) is 13.8 Å². The van der Waals surface area contributed by atoms with Crippen LogP contribution < -0.4 is 21.1 Å². The van der Waals surface area contributed by atoms with Gasteiger partial charge >= 0.3 is 0 Å². The monoisotopic (exact) mass is 398 g/mol. The maximum absolute atomic E-state index is 11.9. The fraction of sp³-hybridized carbons (Fsp3) is 0.556. The Kier molecular flexibility index (Phi) is 8.87. The minimum atomic E-state index is -3.37. The van der Waals surface area contributed by atoms with Crippen molar-refractivity contribution < 1.29 is 18.0 Å². The van der Waals surface area contributed by atoms with E-state index in [0.29, 0.717) is 5.56 Å². The molecule has 0 fully saturated rings. The molecule has 27 heavy (non-hydrogen) atoms. The highest BCUT2D eigenvalue weighted by Crippen LogP contribution is 2.08.